The Morgan fingerprint density at radius 1 is 1.50 bits per heavy atom. The Morgan fingerprint density at radius 3 is 3.21 bits per heavy atom. The van der Waals surface area contributed by atoms with Crippen molar-refractivity contribution < 1.29 is 4.79 Å². The van der Waals surface area contributed by atoms with E-state index in [2.05, 4.69) is 5.32 Å². The normalized spacial score (nSPS) is 15.6. The summed E-state index contributed by atoms with van der Waals surface area (Å²) in [6, 6.07) is 3.80. The maximum absolute atomic E-state index is 11.5. The quantitative estimate of drug-likeness (QED) is 0.734. The van der Waals surface area contributed by atoms with E-state index < -0.39 is 0 Å². The lowest BCUT2D eigenvalue weighted by Crippen LogP contribution is -2.34. The second-order valence-corrected chi connectivity index (χ2v) is 4.91. The number of rotatable bonds is 0. The molecule has 1 aliphatic heterocycles. The van der Waals surface area contributed by atoms with Gasteiger partial charge in [-0.25, -0.2) is 0 Å². The van der Waals surface area contributed by atoms with Crippen molar-refractivity contribution >= 4 is 39.1 Å². The summed E-state index contributed by atoms with van der Waals surface area (Å²) in [5, 5.41) is 3.88. The standard InChI is InChI=1S/C9H7ClN2OS/c10-7-4-5-3-6-8(13)11-1-2-12(6)9(5)14-7/h3-4H,1-2H2,(H,11,13). The molecule has 3 heterocycles. The lowest BCUT2D eigenvalue weighted by Gasteiger charge is -2.15. The first-order valence-corrected chi connectivity index (χ1v) is 5.52. The summed E-state index contributed by atoms with van der Waals surface area (Å²) < 4.78 is 2.81. The Balaban J connectivity index is 2.34. The fourth-order valence-electron chi connectivity index (χ4n) is 1.80. The zero-order chi connectivity index (χ0) is 9.71. The highest BCUT2D eigenvalue weighted by Gasteiger charge is 2.20. The molecule has 2 aromatic rings. The van der Waals surface area contributed by atoms with E-state index in [-0.39, 0.29) is 5.91 Å². The molecule has 0 aliphatic carbocycles. The van der Waals surface area contributed by atoms with Gasteiger partial charge in [0.2, 0.25) is 0 Å². The van der Waals surface area contributed by atoms with Gasteiger partial charge in [-0.15, -0.1) is 11.3 Å². The smallest absolute Gasteiger partial charge is 0.268 e. The summed E-state index contributed by atoms with van der Waals surface area (Å²) in [5.74, 6) is 0.00997. The number of nitrogens with zero attached hydrogens (tertiary/aromatic N) is 1. The number of nitrogens with one attached hydrogen (secondary N) is 1. The summed E-state index contributed by atoms with van der Waals surface area (Å²) >= 11 is 7.43. The van der Waals surface area contributed by atoms with Crippen molar-refractivity contribution in [1.29, 1.82) is 0 Å². The molecule has 0 bridgehead atoms. The second kappa shape index (κ2) is 2.74. The van der Waals surface area contributed by atoms with Crippen LogP contribution in [-0.2, 0) is 6.54 Å². The highest BCUT2D eigenvalue weighted by Crippen LogP contribution is 2.32. The Kier molecular flexibility index (Phi) is 1.63. The lowest BCUT2D eigenvalue weighted by atomic mass is 10.3. The monoisotopic (exact) mass is 226 g/mol. The highest BCUT2D eigenvalue weighted by atomic mass is 35.5. The number of fused-ring (bicyclic) bond motifs is 3. The van der Waals surface area contributed by atoms with E-state index in [4.69, 9.17) is 11.6 Å². The van der Waals surface area contributed by atoms with Crippen LogP contribution in [0.4, 0.5) is 0 Å². The molecule has 0 saturated heterocycles. The van der Waals surface area contributed by atoms with E-state index in [0.717, 1.165) is 26.8 Å². The number of halogens is 1. The van der Waals surface area contributed by atoms with Crippen LogP contribution in [0.25, 0.3) is 10.2 Å². The minimum Gasteiger partial charge on any atom is -0.349 e. The van der Waals surface area contributed by atoms with Gasteiger partial charge in [0.05, 0.1) is 4.34 Å². The number of hydrogen-bond donors (Lipinski definition) is 1. The van der Waals surface area contributed by atoms with Crippen molar-refractivity contribution in [3.63, 3.8) is 0 Å². The molecule has 14 heavy (non-hydrogen) atoms. The van der Waals surface area contributed by atoms with Crippen LogP contribution in [0.5, 0.6) is 0 Å². The van der Waals surface area contributed by atoms with Crippen LogP contribution in [0.2, 0.25) is 4.34 Å². The average molecular weight is 227 g/mol. The van der Waals surface area contributed by atoms with Gasteiger partial charge in [0.1, 0.15) is 10.5 Å². The summed E-state index contributed by atoms with van der Waals surface area (Å²) in [5.41, 5.74) is 0.745. The minimum absolute atomic E-state index is 0.00997. The molecule has 3 rings (SSSR count). The van der Waals surface area contributed by atoms with Crippen molar-refractivity contribution in [2.45, 2.75) is 6.54 Å². The third-order valence-electron chi connectivity index (χ3n) is 2.39. The molecule has 0 spiro atoms. The summed E-state index contributed by atoms with van der Waals surface area (Å²) in [6.07, 6.45) is 0. The van der Waals surface area contributed by atoms with E-state index in [1.54, 1.807) is 0 Å². The number of amides is 1. The number of carbonyl (C=O) groups excluding carboxylic acids is 1. The van der Waals surface area contributed by atoms with Crippen molar-refractivity contribution in [3.8, 4) is 0 Å². The molecule has 0 atom stereocenters. The van der Waals surface area contributed by atoms with Gasteiger partial charge < -0.3 is 9.88 Å². The molecular formula is C9H7ClN2OS. The van der Waals surface area contributed by atoms with Crippen LogP contribution in [-0.4, -0.2) is 17.0 Å². The predicted molar refractivity (Wildman–Crippen MR) is 57.2 cm³/mol. The van der Waals surface area contributed by atoms with Gasteiger partial charge in [0, 0.05) is 18.5 Å². The molecule has 5 heteroatoms. The van der Waals surface area contributed by atoms with Crippen LogP contribution in [0.1, 0.15) is 10.5 Å². The lowest BCUT2D eigenvalue weighted by molar-refractivity contribution is 0.0929. The SMILES string of the molecule is O=C1NCCn2c1cc1cc(Cl)sc12. The third kappa shape index (κ3) is 1.01. The molecular weight excluding hydrogens is 220 g/mol. The van der Waals surface area contributed by atoms with Gasteiger partial charge in [-0.1, -0.05) is 11.6 Å². The largest absolute Gasteiger partial charge is 0.349 e. The first kappa shape index (κ1) is 8.32. The Hall–Kier alpha value is -1.000. The second-order valence-electron chi connectivity index (χ2n) is 3.25. The zero-order valence-electron chi connectivity index (χ0n) is 7.21. The molecule has 1 aliphatic rings. The fraction of sp³-hybridized carbons (Fsp3) is 0.222. The molecule has 0 aromatic carbocycles. The van der Waals surface area contributed by atoms with E-state index in [0.29, 0.717) is 6.54 Å². The summed E-state index contributed by atoms with van der Waals surface area (Å²) in [7, 11) is 0. The number of carbonyl (C=O) groups is 1. The fourth-order valence-corrected chi connectivity index (χ4v) is 3.04. The Morgan fingerprint density at radius 2 is 2.36 bits per heavy atom. The maximum atomic E-state index is 11.5. The number of aromatic nitrogens is 1. The van der Waals surface area contributed by atoms with Gasteiger partial charge in [-0.2, -0.15) is 0 Å². The molecule has 0 fully saturated rings. The van der Waals surface area contributed by atoms with Crippen molar-refractivity contribution in [1.82, 2.24) is 9.88 Å². The van der Waals surface area contributed by atoms with Crippen LogP contribution in [0.3, 0.4) is 0 Å². The highest BCUT2D eigenvalue weighted by molar-refractivity contribution is 7.22. The first-order valence-electron chi connectivity index (χ1n) is 4.32. The van der Waals surface area contributed by atoms with Crippen LogP contribution in [0, 0.1) is 0 Å². The van der Waals surface area contributed by atoms with Gasteiger partial charge in [-0.3, -0.25) is 4.79 Å². The Labute approximate surface area is 89.3 Å². The Bertz CT molecular complexity index is 528. The van der Waals surface area contributed by atoms with Crippen molar-refractivity contribution in [3.05, 3.63) is 22.2 Å². The van der Waals surface area contributed by atoms with Crippen molar-refractivity contribution in [2.24, 2.45) is 0 Å². The van der Waals surface area contributed by atoms with E-state index in [1.165, 1.54) is 11.3 Å². The zero-order valence-corrected chi connectivity index (χ0v) is 8.78. The topological polar surface area (TPSA) is 34.0 Å². The van der Waals surface area contributed by atoms with Crippen LogP contribution in [0.15, 0.2) is 12.1 Å². The molecule has 0 unspecified atom stereocenters. The van der Waals surface area contributed by atoms with Gasteiger partial charge in [-0.05, 0) is 12.1 Å². The summed E-state index contributed by atoms with van der Waals surface area (Å²) in [6.45, 7) is 1.53. The molecule has 3 nitrogen and oxygen atoms in total. The molecule has 0 saturated carbocycles. The maximum Gasteiger partial charge on any atom is 0.268 e. The van der Waals surface area contributed by atoms with Gasteiger partial charge >= 0.3 is 0 Å². The van der Waals surface area contributed by atoms with Gasteiger partial charge in [0.25, 0.3) is 5.91 Å². The molecule has 1 amide bonds. The predicted octanol–water partition coefficient (Wildman–Crippen LogP) is 2.10. The number of thiophene rings is 1. The number of hydrogen-bond acceptors (Lipinski definition) is 2. The minimum atomic E-state index is 0.00997. The third-order valence-corrected chi connectivity index (χ3v) is 3.69. The molecule has 0 radical (unpaired) electrons. The van der Waals surface area contributed by atoms with E-state index >= 15 is 0 Å². The summed E-state index contributed by atoms with van der Waals surface area (Å²) in [4.78, 5) is 12.6. The van der Waals surface area contributed by atoms with E-state index in [9.17, 15) is 4.79 Å². The van der Waals surface area contributed by atoms with E-state index in [1.807, 2.05) is 16.7 Å². The average Bonchev–Trinajstić information content (AvgIpc) is 2.63. The molecule has 1 N–H and O–H groups in total. The van der Waals surface area contributed by atoms with Crippen LogP contribution < -0.4 is 5.32 Å². The van der Waals surface area contributed by atoms with Crippen LogP contribution >= 0.6 is 22.9 Å². The first-order chi connectivity index (χ1) is 6.75. The van der Waals surface area contributed by atoms with Crippen molar-refractivity contribution in [2.75, 3.05) is 6.54 Å². The van der Waals surface area contributed by atoms with Gasteiger partial charge in [0.15, 0.2) is 0 Å². The molecule has 72 valence electrons. The molecule has 2 aromatic heterocycles.